The van der Waals surface area contributed by atoms with E-state index in [-0.39, 0.29) is 34.0 Å². The summed E-state index contributed by atoms with van der Waals surface area (Å²) in [6.45, 7) is 3.72. The molecule has 35 heavy (non-hydrogen) atoms. The molecule has 2 aromatic heterocycles. The van der Waals surface area contributed by atoms with Crippen LogP contribution in [0.2, 0.25) is 0 Å². The lowest BCUT2D eigenvalue weighted by atomic mass is 10.1. The SMILES string of the molecule is CCOC(=O)c1nn(-c2cccc(C)c2)c(=O)c2c(NC(=O)c3cccc(OC)c3OC)scc12. The number of methoxy groups -OCH3 is 2. The standard InChI is InChI=1S/C25H23N3O6S/c1-5-34-25(31)20-17-13-35-23(26-22(29)16-10-7-11-18(32-3)21(16)33-4)19(17)24(30)28(27-20)15-9-6-8-14(2)12-15/h6-13H,5H2,1-4H3,(H,26,29). The van der Waals surface area contributed by atoms with Crippen molar-refractivity contribution in [1.82, 2.24) is 9.78 Å². The zero-order valence-electron chi connectivity index (χ0n) is 19.6. The van der Waals surface area contributed by atoms with Crippen molar-refractivity contribution in [3.8, 4) is 17.2 Å². The molecule has 2 heterocycles. The number of benzene rings is 2. The number of aryl methyl sites for hydroxylation is 1. The van der Waals surface area contributed by atoms with Gasteiger partial charge in [0.25, 0.3) is 11.5 Å². The van der Waals surface area contributed by atoms with Gasteiger partial charge in [-0.15, -0.1) is 11.3 Å². The van der Waals surface area contributed by atoms with E-state index in [4.69, 9.17) is 14.2 Å². The number of aromatic nitrogens is 2. The van der Waals surface area contributed by atoms with Crippen molar-refractivity contribution in [2.24, 2.45) is 0 Å². The topological polar surface area (TPSA) is 109 Å². The lowest BCUT2D eigenvalue weighted by molar-refractivity contribution is 0.0520. The van der Waals surface area contributed by atoms with Crippen LogP contribution >= 0.6 is 11.3 Å². The number of hydrogen-bond acceptors (Lipinski definition) is 8. The predicted octanol–water partition coefficient (Wildman–Crippen LogP) is 4.20. The van der Waals surface area contributed by atoms with E-state index in [0.717, 1.165) is 21.6 Å². The van der Waals surface area contributed by atoms with E-state index in [1.54, 1.807) is 48.7 Å². The Kier molecular flexibility index (Phi) is 6.83. The van der Waals surface area contributed by atoms with Gasteiger partial charge in [-0.25, -0.2) is 4.79 Å². The van der Waals surface area contributed by atoms with Gasteiger partial charge in [-0.2, -0.15) is 9.78 Å². The Labute approximate surface area is 204 Å². The van der Waals surface area contributed by atoms with Gasteiger partial charge in [-0.1, -0.05) is 18.2 Å². The molecule has 0 bridgehead atoms. The molecule has 0 atom stereocenters. The number of carbonyl (C=O) groups is 2. The molecule has 0 spiro atoms. The second-order valence-electron chi connectivity index (χ2n) is 7.47. The van der Waals surface area contributed by atoms with Crippen molar-refractivity contribution in [3.05, 3.63) is 75.0 Å². The number of anilines is 1. The van der Waals surface area contributed by atoms with E-state index >= 15 is 0 Å². The van der Waals surface area contributed by atoms with Gasteiger partial charge in [0.2, 0.25) is 0 Å². The summed E-state index contributed by atoms with van der Waals surface area (Å²) >= 11 is 1.11. The smallest absolute Gasteiger partial charge is 0.359 e. The summed E-state index contributed by atoms with van der Waals surface area (Å²) < 4.78 is 17.0. The fourth-order valence-electron chi connectivity index (χ4n) is 3.66. The Morgan fingerprint density at radius 3 is 2.57 bits per heavy atom. The molecule has 1 amide bonds. The highest BCUT2D eigenvalue weighted by atomic mass is 32.1. The number of esters is 1. The van der Waals surface area contributed by atoms with E-state index in [9.17, 15) is 14.4 Å². The first-order valence-corrected chi connectivity index (χ1v) is 11.6. The molecule has 0 aliphatic heterocycles. The largest absolute Gasteiger partial charge is 0.493 e. The van der Waals surface area contributed by atoms with Gasteiger partial charge in [0.05, 0.1) is 37.5 Å². The number of para-hydroxylation sites is 1. The van der Waals surface area contributed by atoms with Gasteiger partial charge in [0.15, 0.2) is 17.2 Å². The molecular formula is C25H23N3O6S. The molecule has 9 nitrogen and oxygen atoms in total. The van der Waals surface area contributed by atoms with Gasteiger partial charge < -0.3 is 19.5 Å². The van der Waals surface area contributed by atoms with Gasteiger partial charge in [-0.05, 0) is 43.7 Å². The number of nitrogens with zero attached hydrogens (tertiary/aromatic N) is 2. The normalized spacial score (nSPS) is 10.7. The maximum Gasteiger partial charge on any atom is 0.359 e. The highest BCUT2D eigenvalue weighted by Gasteiger charge is 2.24. The minimum absolute atomic E-state index is 0.0151. The van der Waals surface area contributed by atoms with Crippen LogP contribution in [0.5, 0.6) is 11.5 Å². The fourth-order valence-corrected chi connectivity index (χ4v) is 4.59. The fraction of sp³-hybridized carbons (Fsp3) is 0.200. The summed E-state index contributed by atoms with van der Waals surface area (Å²) in [6, 6.07) is 12.1. The number of hydrogen-bond donors (Lipinski definition) is 1. The lowest BCUT2D eigenvalue weighted by Crippen LogP contribution is -2.25. The van der Waals surface area contributed by atoms with Crippen molar-refractivity contribution in [2.45, 2.75) is 13.8 Å². The van der Waals surface area contributed by atoms with E-state index in [0.29, 0.717) is 16.8 Å². The molecule has 0 radical (unpaired) electrons. The molecule has 0 saturated heterocycles. The van der Waals surface area contributed by atoms with Gasteiger partial charge >= 0.3 is 5.97 Å². The maximum atomic E-state index is 13.6. The van der Waals surface area contributed by atoms with Gasteiger partial charge in [0, 0.05) is 10.8 Å². The quantitative estimate of drug-likeness (QED) is 0.384. The first kappa shape index (κ1) is 24.0. The molecule has 1 N–H and O–H groups in total. The Morgan fingerprint density at radius 1 is 1.11 bits per heavy atom. The summed E-state index contributed by atoms with van der Waals surface area (Å²) in [4.78, 5) is 39.4. The Balaban J connectivity index is 1.88. The number of nitrogens with one attached hydrogen (secondary N) is 1. The van der Waals surface area contributed by atoms with Crippen molar-refractivity contribution in [3.63, 3.8) is 0 Å². The van der Waals surface area contributed by atoms with Crippen LogP contribution in [-0.4, -0.2) is 42.5 Å². The zero-order chi connectivity index (χ0) is 25.1. The summed E-state index contributed by atoms with van der Waals surface area (Å²) in [6.07, 6.45) is 0. The number of fused-ring (bicyclic) bond motifs is 1. The molecule has 10 heteroatoms. The minimum Gasteiger partial charge on any atom is -0.493 e. The first-order valence-electron chi connectivity index (χ1n) is 10.7. The Hall–Kier alpha value is -4.18. The zero-order valence-corrected chi connectivity index (χ0v) is 20.4. The molecule has 0 aliphatic carbocycles. The van der Waals surface area contributed by atoms with E-state index in [2.05, 4.69) is 10.4 Å². The predicted molar refractivity (Wildman–Crippen MR) is 133 cm³/mol. The molecule has 0 unspecified atom stereocenters. The van der Waals surface area contributed by atoms with Crippen molar-refractivity contribution < 1.29 is 23.8 Å². The minimum atomic E-state index is -0.663. The molecule has 0 saturated carbocycles. The third-order valence-electron chi connectivity index (χ3n) is 5.24. The number of amides is 1. The maximum absolute atomic E-state index is 13.6. The van der Waals surface area contributed by atoms with Crippen LogP contribution in [0.25, 0.3) is 16.5 Å². The number of rotatable bonds is 7. The third-order valence-corrected chi connectivity index (χ3v) is 6.14. The number of ether oxygens (including phenoxy) is 3. The monoisotopic (exact) mass is 493 g/mol. The Morgan fingerprint density at radius 2 is 1.89 bits per heavy atom. The molecule has 4 aromatic rings. The average Bonchev–Trinajstić information content (AvgIpc) is 3.27. The van der Waals surface area contributed by atoms with Crippen LogP contribution in [0.1, 0.15) is 33.3 Å². The third kappa shape index (κ3) is 4.47. The molecule has 0 fully saturated rings. The number of carbonyl (C=O) groups excluding carboxylic acids is 2. The highest BCUT2D eigenvalue weighted by molar-refractivity contribution is 7.16. The average molecular weight is 494 g/mol. The summed E-state index contributed by atoms with van der Waals surface area (Å²) in [5, 5.41) is 9.44. The van der Waals surface area contributed by atoms with E-state index in [1.165, 1.54) is 14.2 Å². The van der Waals surface area contributed by atoms with Crippen LogP contribution in [-0.2, 0) is 4.74 Å². The number of thiophene rings is 1. The molecule has 2 aromatic carbocycles. The van der Waals surface area contributed by atoms with E-state index < -0.39 is 17.4 Å². The van der Waals surface area contributed by atoms with Gasteiger partial charge in [0.1, 0.15) is 5.00 Å². The molecule has 4 rings (SSSR count). The summed E-state index contributed by atoms with van der Waals surface area (Å²) in [5.41, 5.74) is 1.14. The molecular weight excluding hydrogens is 470 g/mol. The first-order chi connectivity index (χ1) is 16.9. The van der Waals surface area contributed by atoms with Crippen LogP contribution in [0, 0.1) is 6.92 Å². The van der Waals surface area contributed by atoms with Crippen LogP contribution in [0.3, 0.4) is 0 Å². The van der Waals surface area contributed by atoms with Crippen LogP contribution < -0.4 is 20.3 Å². The molecule has 0 aliphatic rings. The second kappa shape index (κ2) is 9.98. The van der Waals surface area contributed by atoms with Crippen molar-refractivity contribution in [1.29, 1.82) is 0 Å². The molecule has 180 valence electrons. The lowest BCUT2D eigenvalue weighted by Gasteiger charge is -2.13. The summed E-state index contributed by atoms with van der Waals surface area (Å²) in [7, 11) is 2.91. The van der Waals surface area contributed by atoms with E-state index in [1.807, 2.05) is 13.0 Å². The highest BCUT2D eigenvalue weighted by Crippen LogP contribution is 2.34. The van der Waals surface area contributed by atoms with Crippen molar-refractivity contribution in [2.75, 3.05) is 26.1 Å². The van der Waals surface area contributed by atoms with Crippen LogP contribution in [0.15, 0.2) is 52.6 Å². The Bertz CT molecular complexity index is 1490. The second-order valence-corrected chi connectivity index (χ2v) is 8.35. The van der Waals surface area contributed by atoms with Crippen LogP contribution in [0.4, 0.5) is 5.00 Å². The summed E-state index contributed by atoms with van der Waals surface area (Å²) in [5.74, 6) is -0.504. The van der Waals surface area contributed by atoms with Crippen molar-refractivity contribution >= 4 is 39.0 Å². The van der Waals surface area contributed by atoms with Gasteiger partial charge in [-0.3, -0.25) is 9.59 Å².